The van der Waals surface area contributed by atoms with Gasteiger partial charge in [-0.2, -0.15) is 13.2 Å². The number of ether oxygens (including phenoxy) is 2. The van der Waals surface area contributed by atoms with Crippen molar-refractivity contribution in [3.8, 4) is 11.1 Å². The molecule has 0 bridgehead atoms. The summed E-state index contributed by atoms with van der Waals surface area (Å²) in [5.41, 5.74) is 7.70. The lowest BCUT2D eigenvalue weighted by Gasteiger charge is -2.47. The third-order valence-electron chi connectivity index (χ3n) is 7.65. The molecule has 1 aliphatic heterocycles. The van der Waals surface area contributed by atoms with E-state index in [0.29, 0.717) is 23.7 Å². The van der Waals surface area contributed by atoms with Crippen molar-refractivity contribution in [2.24, 2.45) is 22.1 Å². The van der Waals surface area contributed by atoms with E-state index in [2.05, 4.69) is 11.9 Å². The number of aliphatic imine (C=N–C) groups is 1. The van der Waals surface area contributed by atoms with Crippen LogP contribution < -0.4 is 5.73 Å². The van der Waals surface area contributed by atoms with E-state index in [0.717, 1.165) is 49.1 Å². The van der Waals surface area contributed by atoms with Crippen LogP contribution in [-0.2, 0) is 27.6 Å². The van der Waals surface area contributed by atoms with Crippen LogP contribution in [0.5, 0.6) is 0 Å². The quantitative estimate of drug-likeness (QED) is 0.729. The maximum absolute atomic E-state index is 13.2. The molecular formula is C24H26F3N3O2. The summed E-state index contributed by atoms with van der Waals surface area (Å²) in [6.45, 7) is 2.55. The van der Waals surface area contributed by atoms with E-state index >= 15 is 0 Å². The number of nitrogens with zero attached hydrogens (tertiary/aromatic N) is 2. The second-order valence-corrected chi connectivity index (χ2v) is 9.38. The van der Waals surface area contributed by atoms with Crippen molar-refractivity contribution in [1.82, 2.24) is 4.98 Å². The molecule has 1 saturated carbocycles. The van der Waals surface area contributed by atoms with Crippen LogP contribution in [0.15, 0.2) is 41.7 Å². The molecule has 2 spiro atoms. The highest BCUT2D eigenvalue weighted by atomic mass is 19.4. The number of hydrogen-bond donors (Lipinski definition) is 1. The normalized spacial score (nSPS) is 31.6. The molecule has 1 aromatic heterocycles. The molecule has 1 fully saturated rings. The first kappa shape index (κ1) is 21.2. The van der Waals surface area contributed by atoms with E-state index in [1.165, 1.54) is 6.20 Å². The number of rotatable bonds is 2. The van der Waals surface area contributed by atoms with Gasteiger partial charge in [-0.25, -0.2) is 4.99 Å². The lowest BCUT2D eigenvalue weighted by molar-refractivity contribution is -0.137. The lowest BCUT2D eigenvalue weighted by atomic mass is 9.59. The molecule has 2 aliphatic carbocycles. The Labute approximate surface area is 184 Å². The van der Waals surface area contributed by atoms with Crippen LogP contribution in [0.3, 0.4) is 0 Å². The van der Waals surface area contributed by atoms with Gasteiger partial charge in [0, 0.05) is 30.5 Å². The summed E-state index contributed by atoms with van der Waals surface area (Å²) >= 11 is 0. The van der Waals surface area contributed by atoms with Crippen LogP contribution in [0.2, 0.25) is 0 Å². The molecule has 4 atom stereocenters. The topological polar surface area (TPSA) is 69.7 Å². The molecule has 5 nitrogen and oxygen atoms in total. The lowest BCUT2D eigenvalue weighted by Crippen LogP contribution is -2.48. The number of amidine groups is 1. The maximum Gasteiger partial charge on any atom is 0.417 e. The largest absolute Gasteiger partial charge is 0.462 e. The third-order valence-corrected chi connectivity index (χ3v) is 7.65. The molecule has 8 heteroatoms. The highest BCUT2D eigenvalue weighted by Crippen LogP contribution is 2.62. The van der Waals surface area contributed by atoms with Crippen molar-refractivity contribution in [2.75, 3.05) is 13.7 Å². The number of fused-ring (bicyclic) bond motifs is 3. The van der Waals surface area contributed by atoms with E-state index in [4.69, 9.17) is 20.2 Å². The summed E-state index contributed by atoms with van der Waals surface area (Å²) in [7, 11) is 1.75. The first-order valence-corrected chi connectivity index (χ1v) is 10.8. The van der Waals surface area contributed by atoms with E-state index < -0.39 is 17.3 Å². The average Bonchev–Trinajstić information content (AvgIpc) is 3.27. The fourth-order valence-electron chi connectivity index (χ4n) is 6.12. The van der Waals surface area contributed by atoms with Gasteiger partial charge in [-0.05, 0) is 60.4 Å². The minimum atomic E-state index is -4.45. The Morgan fingerprint density at radius 3 is 2.66 bits per heavy atom. The number of aromatic nitrogens is 1. The maximum atomic E-state index is 13.2. The molecule has 0 saturated heterocycles. The summed E-state index contributed by atoms with van der Waals surface area (Å²) in [5.74, 6) is 0.351. The average molecular weight is 445 g/mol. The van der Waals surface area contributed by atoms with Crippen LogP contribution in [0.1, 0.15) is 42.9 Å². The van der Waals surface area contributed by atoms with Crippen molar-refractivity contribution >= 4 is 6.02 Å². The van der Waals surface area contributed by atoms with Gasteiger partial charge < -0.3 is 15.2 Å². The molecule has 170 valence electrons. The Morgan fingerprint density at radius 1 is 1.19 bits per heavy atom. The summed E-state index contributed by atoms with van der Waals surface area (Å²) < 4.78 is 51.1. The van der Waals surface area contributed by atoms with E-state index in [9.17, 15) is 13.2 Å². The zero-order valence-corrected chi connectivity index (χ0v) is 18.1. The molecule has 2 heterocycles. The summed E-state index contributed by atoms with van der Waals surface area (Å²) in [6.07, 6.45) is 1.67. The minimum Gasteiger partial charge on any atom is -0.462 e. The number of nitrogens with two attached hydrogens (primary N) is 1. The molecule has 1 aromatic carbocycles. The van der Waals surface area contributed by atoms with Gasteiger partial charge in [-0.3, -0.25) is 4.98 Å². The van der Waals surface area contributed by atoms with Gasteiger partial charge in [0.1, 0.15) is 12.1 Å². The van der Waals surface area contributed by atoms with E-state index in [1.807, 2.05) is 18.2 Å². The number of methoxy groups -OCH3 is 1. The second-order valence-electron chi connectivity index (χ2n) is 9.38. The SMILES string of the molecule is CO[C@@H]1CC[C@]2(Cc3ccc(-c4cncc(C(F)(F)F)c4)cc3[C@@]23COC(N)=N3)C[C@H]1C. The van der Waals surface area contributed by atoms with Gasteiger partial charge in [0.15, 0.2) is 0 Å². The first-order chi connectivity index (χ1) is 15.2. The van der Waals surface area contributed by atoms with E-state index in [1.54, 1.807) is 7.11 Å². The fraction of sp³-hybridized carbons (Fsp3) is 0.500. The monoisotopic (exact) mass is 445 g/mol. The number of pyridine rings is 1. The molecule has 2 N–H and O–H groups in total. The van der Waals surface area contributed by atoms with Gasteiger partial charge in [-0.15, -0.1) is 0 Å². The van der Waals surface area contributed by atoms with Gasteiger partial charge in [0.2, 0.25) is 0 Å². The van der Waals surface area contributed by atoms with Gasteiger partial charge >= 0.3 is 6.18 Å². The molecule has 0 amide bonds. The predicted molar refractivity (Wildman–Crippen MR) is 114 cm³/mol. The van der Waals surface area contributed by atoms with Crippen molar-refractivity contribution in [2.45, 2.75) is 50.4 Å². The van der Waals surface area contributed by atoms with Crippen molar-refractivity contribution < 1.29 is 22.6 Å². The predicted octanol–water partition coefficient (Wildman–Crippen LogP) is 4.69. The van der Waals surface area contributed by atoms with Crippen molar-refractivity contribution in [3.05, 3.63) is 53.3 Å². The highest BCUT2D eigenvalue weighted by Gasteiger charge is 2.62. The highest BCUT2D eigenvalue weighted by molar-refractivity contribution is 5.76. The van der Waals surface area contributed by atoms with Crippen molar-refractivity contribution in [3.63, 3.8) is 0 Å². The Morgan fingerprint density at radius 2 is 2.00 bits per heavy atom. The van der Waals surface area contributed by atoms with Crippen LogP contribution in [0.25, 0.3) is 11.1 Å². The molecule has 3 aliphatic rings. The van der Waals surface area contributed by atoms with E-state index in [-0.39, 0.29) is 17.5 Å². The Hall–Kier alpha value is -2.61. The molecular weight excluding hydrogens is 419 g/mol. The minimum absolute atomic E-state index is 0.157. The van der Waals surface area contributed by atoms with Crippen LogP contribution in [0.4, 0.5) is 13.2 Å². The van der Waals surface area contributed by atoms with Gasteiger partial charge in [0.05, 0.1) is 11.7 Å². The zero-order chi connectivity index (χ0) is 22.7. The summed E-state index contributed by atoms with van der Waals surface area (Å²) in [6, 6.07) is 7.15. The molecule has 5 rings (SSSR count). The Bertz CT molecular complexity index is 1090. The van der Waals surface area contributed by atoms with Crippen LogP contribution in [0, 0.1) is 11.3 Å². The summed E-state index contributed by atoms with van der Waals surface area (Å²) in [5, 5.41) is 0. The molecule has 2 aromatic rings. The fourth-order valence-corrected chi connectivity index (χ4v) is 6.12. The Balaban J connectivity index is 1.60. The Kier molecular flexibility index (Phi) is 4.78. The van der Waals surface area contributed by atoms with Crippen molar-refractivity contribution in [1.29, 1.82) is 0 Å². The molecule has 0 radical (unpaired) electrons. The van der Waals surface area contributed by atoms with Crippen LogP contribution in [-0.4, -0.2) is 30.8 Å². The summed E-state index contributed by atoms with van der Waals surface area (Å²) in [4.78, 5) is 8.68. The molecule has 0 unspecified atom stereocenters. The zero-order valence-electron chi connectivity index (χ0n) is 18.1. The number of benzene rings is 1. The third kappa shape index (κ3) is 3.10. The number of halogens is 3. The number of hydrogen-bond acceptors (Lipinski definition) is 5. The van der Waals surface area contributed by atoms with Crippen LogP contribution >= 0.6 is 0 Å². The first-order valence-electron chi connectivity index (χ1n) is 10.8. The van der Waals surface area contributed by atoms with Gasteiger partial charge in [0.25, 0.3) is 6.02 Å². The smallest absolute Gasteiger partial charge is 0.417 e. The molecule has 32 heavy (non-hydrogen) atoms. The number of alkyl halides is 3. The standard InChI is InChI=1S/C24H26F3N3O2/c1-14-9-22(6-5-20(14)31-2)10-16-4-3-15(8-19(16)23(22)13-32-21(28)30-23)17-7-18(12-29-11-17)24(25,26)27/h3-4,7-8,11-12,14,20H,5-6,9-10,13H2,1-2H3,(H2,28,30)/t14-,20-,22-,23+/m1/s1. The second kappa shape index (κ2) is 7.20. The van der Waals surface area contributed by atoms with Gasteiger partial charge in [-0.1, -0.05) is 19.1 Å².